The number of aliphatic hydroxyl groups is 2. The maximum atomic E-state index is 9.51. The van der Waals surface area contributed by atoms with Gasteiger partial charge < -0.3 is 21.2 Å². The smallest absolute Gasteiger partial charge is 0.170 e. The van der Waals surface area contributed by atoms with E-state index in [9.17, 15) is 10.2 Å². The molecule has 0 bridgehead atoms. The summed E-state index contributed by atoms with van der Waals surface area (Å²) in [6.45, 7) is 3.56. The second kappa shape index (κ2) is 5.56. The van der Waals surface area contributed by atoms with Gasteiger partial charge in [0.05, 0.1) is 12.2 Å². The maximum Gasteiger partial charge on any atom is 0.170 e. The number of benzene rings is 1. The van der Waals surface area contributed by atoms with Gasteiger partial charge in [0.2, 0.25) is 0 Å². The van der Waals surface area contributed by atoms with Crippen LogP contribution in [0.25, 0.3) is 0 Å². The molecule has 0 radical (unpaired) electrons. The molecule has 1 aromatic carbocycles. The lowest BCUT2D eigenvalue weighted by Gasteiger charge is -2.16. The number of hydrogen-bond acceptors (Lipinski definition) is 5. The Hall–Kier alpha value is -1.63. The molecular weight excluding hydrogens is 246 g/mol. The molecule has 2 unspecified atom stereocenters. The first-order chi connectivity index (χ1) is 9.01. The van der Waals surface area contributed by atoms with E-state index < -0.39 is 12.2 Å². The number of rotatable bonds is 3. The number of nitrogens with two attached hydrogens (primary N) is 1. The highest BCUT2D eigenvalue weighted by molar-refractivity contribution is 5.97. The average molecular weight is 265 g/mol. The van der Waals surface area contributed by atoms with Crippen LogP contribution in [0.15, 0.2) is 23.4 Å². The Morgan fingerprint density at radius 1 is 1.37 bits per heavy atom. The number of aliphatic hydroxyl groups excluding tert-OH is 2. The molecule has 0 spiro atoms. The van der Waals surface area contributed by atoms with Gasteiger partial charge in [-0.25, -0.2) is 0 Å². The van der Waals surface area contributed by atoms with Crippen molar-refractivity contribution < 1.29 is 15.4 Å². The Balaban J connectivity index is 2.10. The second-order valence-electron chi connectivity index (χ2n) is 4.96. The molecule has 0 aromatic heterocycles. The lowest BCUT2D eigenvalue weighted by molar-refractivity contribution is 0.0572. The lowest BCUT2D eigenvalue weighted by Crippen LogP contribution is -2.22. The highest BCUT2D eigenvalue weighted by atomic mass is 16.4. The van der Waals surface area contributed by atoms with E-state index in [1.807, 2.05) is 24.0 Å². The van der Waals surface area contributed by atoms with Crippen LogP contribution >= 0.6 is 0 Å². The van der Waals surface area contributed by atoms with Gasteiger partial charge in [0.25, 0.3) is 0 Å². The summed E-state index contributed by atoms with van der Waals surface area (Å²) in [4.78, 5) is 2.00. The Morgan fingerprint density at radius 2 is 2.00 bits per heavy atom. The van der Waals surface area contributed by atoms with Gasteiger partial charge in [-0.05, 0) is 24.1 Å². The molecule has 6 nitrogen and oxygen atoms in total. The topological polar surface area (TPSA) is 102 Å². The fraction of sp³-hybridized carbons (Fsp3) is 0.462. The van der Waals surface area contributed by atoms with Crippen molar-refractivity contribution in [2.24, 2.45) is 10.9 Å². The summed E-state index contributed by atoms with van der Waals surface area (Å²) in [6.07, 6.45) is -1.34. The number of amidine groups is 1. The first kappa shape index (κ1) is 13.8. The van der Waals surface area contributed by atoms with E-state index in [1.165, 1.54) is 0 Å². The number of aryl methyl sites for hydroxylation is 1. The molecule has 1 fully saturated rings. The fourth-order valence-electron chi connectivity index (χ4n) is 2.31. The zero-order valence-corrected chi connectivity index (χ0v) is 10.8. The van der Waals surface area contributed by atoms with Crippen molar-refractivity contribution in [3.63, 3.8) is 0 Å². The maximum absolute atomic E-state index is 9.51. The first-order valence-electron chi connectivity index (χ1n) is 6.17. The Kier molecular flexibility index (Phi) is 4.04. The molecule has 0 aliphatic carbocycles. The second-order valence-corrected chi connectivity index (χ2v) is 4.96. The van der Waals surface area contributed by atoms with Crippen molar-refractivity contribution >= 4 is 5.84 Å². The fourth-order valence-corrected chi connectivity index (χ4v) is 2.31. The molecule has 1 aliphatic rings. The van der Waals surface area contributed by atoms with E-state index >= 15 is 0 Å². The summed E-state index contributed by atoms with van der Waals surface area (Å²) < 4.78 is 0. The lowest BCUT2D eigenvalue weighted by atomic mass is 10.0. The van der Waals surface area contributed by atoms with E-state index in [0.717, 1.165) is 11.1 Å². The number of hydrogen-bond donors (Lipinski definition) is 4. The SMILES string of the molecule is Cc1cc(/C(N)=N/O)ccc1CN1CC(O)C(O)C1. The van der Waals surface area contributed by atoms with E-state index in [1.54, 1.807) is 6.07 Å². The summed E-state index contributed by atoms with van der Waals surface area (Å²) in [5.74, 6) is 0.0849. The third-order valence-electron chi connectivity index (χ3n) is 3.47. The molecule has 19 heavy (non-hydrogen) atoms. The van der Waals surface area contributed by atoms with Crippen LogP contribution in [0.1, 0.15) is 16.7 Å². The van der Waals surface area contributed by atoms with Crippen LogP contribution in [0.2, 0.25) is 0 Å². The van der Waals surface area contributed by atoms with Gasteiger partial charge in [-0.2, -0.15) is 0 Å². The summed E-state index contributed by atoms with van der Waals surface area (Å²) >= 11 is 0. The van der Waals surface area contributed by atoms with Crippen molar-refractivity contribution in [3.8, 4) is 0 Å². The van der Waals surface area contributed by atoms with Crippen LogP contribution in [-0.4, -0.2) is 51.5 Å². The quantitative estimate of drug-likeness (QED) is 0.258. The van der Waals surface area contributed by atoms with Gasteiger partial charge in [-0.1, -0.05) is 17.3 Å². The molecular formula is C13H19N3O3. The van der Waals surface area contributed by atoms with Crippen LogP contribution in [-0.2, 0) is 6.54 Å². The van der Waals surface area contributed by atoms with Crippen LogP contribution < -0.4 is 5.73 Å². The van der Waals surface area contributed by atoms with Crippen LogP contribution in [0.3, 0.4) is 0 Å². The van der Waals surface area contributed by atoms with Crippen LogP contribution in [0.4, 0.5) is 0 Å². The summed E-state index contributed by atoms with van der Waals surface area (Å²) in [6, 6.07) is 5.56. The molecule has 1 saturated heterocycles. The predicted molar refractivity (Wildman–Crippen MR) is 71.0 cm³/mol. The van der Waals surface area contributed by atoms with E-state index in [4.69, 9.17) is 10.9 Å². The van der Waals surface area contributed by atoms with E-state index in [0.29, 0.717) is 25.2 Å². The zero-order chi connectivity index (χ0) is 14.0. The number of oxime groups is 1. The summed E-state index contributed by atoms with van der Waals surface area (Å²) in [5, 5.41) is 30.6. The molecule has 6 heteroatoms. The van der Waals surface area contributed by atoms with Gasteiger partial charge in [-0.15, -0.1) is 0 Å². The van der Waals surface area contributed by atoms with Crippen molar-refractivity contribution in [1.82, 2.24) is 4.90 Å². The molecule has 104 valence electrons. The molecule has 5 N–H and O–H groups in total. The number of likely N-dealkylation sites (tertiary alicyclic amines) is 1. The molecule has 1 heterocycles. The average Bonchev–Trinajstić information content (AvgIpc) is 2.70. The number of β-amino-alcohol motifs (C(OH)–C–C–N with tert-alkyl or cyclic N) is 2. The van der Waals surface area contributed by atoms with Crippen LogP contribution in [0.5, 0.6) is 0 Å². The third kappa shape index (κ3) is 3.04. The van der Waals surface area contributed by atoms with Crippen molar-refractivity contribution in [1.29, 1.82) is 0 Å². The van der Waals surface area contributed by atoms with Gasteiger partial charge >= 0.3 is 0 Å². The van der Waals surface area contributed by atoms with E-state index in [-0.39, 0.29) is 5.84 Å². The van der Waals surface area contributed by atoms with Crippen molar-refractivity contribution in [2.45, 2.75) is 25.7 Å². The third-order valence-corrected chi connectivity index (χ3v) is 3.47. The highest BCUT2D eigenvalue weighted by Crippen LogP contribution is 2.17. The molecule has 0 saturated carbocycles. The van der Waals surface area contributed by atoms with Gasteiger partial charge in [-0.3, -0.25) is 4.90 Å². The normalized spacial score (nSPS) is 24.9. The summed E-state index contributed by atoms with van der Waals surface area (Å²) in [5.41, 5.74) is 8.33. The standard InChI is InChI=1S/C13H19N3O3/c1-8-4-9(13(14)15-19)2-3-10(8)5-16-6-11(17)12(18)7-16/h2-4,11-12,17-19H,5-7H2,1H3,(H2,14,15). The highest BCUT2D eigenvalue weighted by Gasteiger charge is 2.29. The Bertz CT molecular complexity index is 480. The largest absolute Gasteiger partial charge is 0.409 e. The molecule has 2 atom stereocenters. The Morgan fingerprint density at radius 3 is 2.53 bits per heavy atom. The van der Waals surface area contributed by atoms with Crippen molar-refractivity contribution in [2.75, 3.05) is 13.1 Å². The molecule has 1 aliphatic heterocycles. The van der Waals surface area contributed by atoms with Crippen molar-refractivity contribution in [3.05, 3.63) is 34.9 Å². The van der Waals surface area contributed by atoms with Gasteiger partial charge in [0.1, 0.15) is 0 Å². The molecule has 2 rings (SSSR count). The minimum atomic E-state index is -0.670. The Labute approximate surface area is 111 Å². The van der Waals surface area contributed by atoms with Crippen LogP contribution in [0, 0.1) is 6.92 Å². The monoisotopic (exact) mass is 265 g/mol. The number of nitrogens with zero attached hydrogens (tertiary/aromatic N) is 2. The first-order valence-corrected chi connectivity index (χ1v) is 6.17. The van der Waals surface area contributed by atoms with E-state index in [2.05, 4.69) is 5.16 Å². The molecule has 1 aromatic rings. The molecule has 0 amide bonds. The zero-order valence-electron chi connectivity index (χ0n) is 10.8. The predicted octanol–water partition coefficient (Wildman–Crippen LogP) is -0.373. The summed E-state index contributed by atoms with van der Waals surface area (Å²) in [7, 11) is 0. The van der Waals surface area contributed by atoms with Gasteiger partial charge in [0, 0.05) is 25.2 Å². The minimum Gasteiger partial charge on any atom is -0.409 e. The minimum absolute atomic E-state index is 0.0849. The van der Waals surface area contributed by atoms with Gasteiger partial charge in [0.15, 0.2) is 5.84 Å².